The van der Waals surface area contributed by atoms with Gasteiger partial charge in [-0.1, -0.05) is 89.9 Å². The van der Waals surface area contributed by atoms with E-state index >= 15 is 0 Å². The first kappa shape index (κ1) is 31.8. The van der Waals surface area contributed by atoms with Crippen molar-refractivity contribution in [2.24, 2.45) is 0 Å². The van der Waals surface area contributed by atoms with Gasteiger partial charge in [-0.05, 0) is 77.2 Å². The molecule has 5 nitrogen and oxygen atoms in total. The van der Waals surface area contributed by atoms with E-state index in [2.05, 4.69) is 6.07 Å². The smallest absolute Gasteiger partial charge is 0.307 e. The normalized spacial score (nSPS) is 12.5. The predicted molar refractivity (Wildman–Crippen MR) is 182 cm³/mol. The summed E-state index contributed by atoms with van der Waals surface area (Å²) in [6, 6.07) is 31.4. The molecule has 0 spiro atoms. The zero-order valence-electron chi connectivity index (χ0n) is 23.6. The fourth-order valence-electron chi connectivity index (χ4n) is 4.74. The molecule has 9 heteroatoms. The number of aromatic nitrogens is 1. The highest BCUT2D eigenvalue weighted by atomic mass is 35.5. The Morgan fingerprint density at radius 3 is 2.30 bits per heavy atom. The van der Waals surface area contributed by atoms with Crippen molar-refractivity contribution in [2.75, 3.05) is 5.75 Å². The maximum atomic E-state index is 13.2. The van der Waals surface area contributed by atoms with Crippen LogP contribution in [0.4, 0.5) is 0 Å². The van der Waals surface area contributed by atoms with Crippen LogP contribution in [-0.2, 0) is 26.8 Å². The van der Waals surface area contributed by atoms with Crippen LogP contribution in [0.15, 0.2) is 108 Å². The lowest BCUT2D eigenvalue weighted by atomic mass is 10.1. The summed E-state index contributed by atoms with van der Waals surface area (Å²) in [6.07, 6.45) is 4.33. The molecule has 1 N–H and O–H groups in total. The number of thioether (sulfide) groups is 1. The highest BCUT2D eigenvalue weighted by molar-refractivity contribution is 7.98. The summed E-state index contributed by atoms with van der Waals surface area (Å²) >= 11 is 13.8. The summed E-state index contributed by atoms with van der Waals surface area (Å²) in [5.74, 6) is -0.250. The number of nitrogens with zero attached hydrogens (tertiary/aromatic N) is 1. The Kier molecular flexibility index (Phi) is 10.4. The van der Waals surface area contributed by atoms with Crippen molar-refractivity contribution in [1.82, 2.24) is 4.98 Å². The van der Waals surface area contributed by atoms with E-state index in [0.717, 1.165) is 38.9 Å². The molecule has 5 aromatic rings. The Labute approximate surface area is 271 Å². The number of rotatable bonds is 12. The average Bonchev–Trinajstić information content (AvgIpc) is 3.00. The Morgan fingerprint density at radius 1 is 0.841 bits per heavy atom. The minimum atomic E-state index is -3.52. The van der Waals surface area contributed by atoms with Crippen molar-refractivity contribution in [3.63, 3.8) is 0 Å². The van der Waals surface area contributed by atoms with E-state index in [9.17, 15) is 13.2 Å². The fraction of sp³-hybridized carbons (Fsp3) is 0.143. The molecule has 44 heavy (non-hydrogen) atoms. The minimum Gasteiger partial charge on any atom is -0.481 e. The first-order valence-electron chi connectivity index (χ1n) is 13.9. The molecule has 0 aliphatic rings. The summed E-state index contributed by atoms with van der Waals surface area (Å²) in [6.45, 7) is 0. The molecule has 224 valence electrons. The largest absolute Gasteiger partial charge is 0.481 e. The van der Waals surface area contributed by atoms with E-state index in [4.69, 9.17) is 33.3 Å². The predicted octanol–water partition coefficient (Wildman–Crippen LogP) is 9.18. The van der Waals surface area contributed by atoms with E-state index in [1.807, 2.05) is 84.9 Å². The van der Waals surface area contributed by atoms with Crippen molar-refractivity contribution in [3.05, 3.63) is 141 Å². The van der Waals surface area contributed by atoms with Crippen LogP contribution >= 0.6 is 35.0 Å². The second-order valence-electron chi connectivity index (χ2n) is 10.3. The topological polar surface area (TPSA) is 84.3 Å². The quantitative estimate of drug-likeness (QED) is 0.143. The number of aliphatic carboxylic acids is 1. The summed E-state index contributed by atoms with van der Waals surface area (Å²) in [7, 11) is -3.52. The van der Waals surface area contributed by atoms with Crippen LogP contribution in [0, 0.1) is 0 Å². The molecule has 1 aromatic heterocycles. The van der Waals surface area contributed by atoms with Gasteiger partial charge in [-0.15, -0.1) is 11.8 Å². The third-order valence-corrected chi connectivity index (χ3v) is 10.7. The monoisotopic (exact) mass is 661 g/mol. The number of sulfone groups is 1. The van der Waals surface area contributed by atoms with Gasteiger partial charge in [0.1, 0.15) is 0 Å². The van der Waals surface area contributed by atoms with Crippen LogP contribution in [0.1, 0.15) is 39.6 Å². The second kappa shape index (κ2) is 14.4. The van der Waals surface area contributed by atoms with Gasteiger partial charge in [-0.3, -0.25) is 4.79 Å². The number of fused-ring (bicyclic) bond motifs is 1. The van der Waals surface area contributed by atoms with Crippen molar-refractivity contribution in [3.8, 4) is 0 Å². The molecule has 1 unspecified atom stereocenters. The van der Waals surface area contributed by atoms with Crippen molar-refractivity contribution in [2.45, 2.75) is 28.7 Å². The van der Waals surface area contributed by atoms with Crippen molar-refractivity contribution in [1.29, 1.82) is 0 Å². The summed E-state index contributed by atoms with van der Waals surface area (Å²) in [5, 5.41) is 11.1. The van der Waals surface area contributed by atoms with Crippen molar-refractivity contribution < 1.29 is 18.3 Å². The maximum Gasteiger partial charge on any atom is 0.307 e. The van der Waals surface area contributed by atoms with Crippen LogP contribution in [0.2, 0.25) is 10.0 Å². The van der Waals surface area contributed by atoms with Crippen molar-refractivity contribution >= 4 is 73.8 Å². The van der Waals surface area contributed by atoms with E-state index < -0.39 is 15.8 Å². The number of benzene rings is 4. The van der Waals surface area contributed by atoms with Gasteiger partial charge < -0.3 is 5.11 Å². The second-order valence-corrected chi connectivity index (χ2v) is 14.5. The molecule has 0 aliphatic carbocycles. The van der Waals surface area contributed by atoms with Gasteiger partial charge in [0, 0.05) is 26.4 Å². The van der Waals surface area contributed by atoms with Gasteiger partial charge in [-0.25, -0.2) is 13.4 Å². The number of carbonyl (C=O) groups is 1. The molecular formula is C35H29Cl2NO4S2. The zero-order valence-corrected chi connectivity index (χ0v) is 26.7. The molecule has 0 radical (unpaired) electrons. The standard InChI is InChI=1S/C35H29Cl2NO4S2/c36-29-12-16-32(17-13-29)44(41,42)19-18-34(43-23-26-6-4-25(5-7-26)21-35(39)40)28-3-1-2-24(20-28)8-14-31-15-10-27-9-11-30(37)22-33(27)38-31/h1-17,20,22,34H,18-19,21,23H2,(H,39,40)/b14-8+. The molecule has 0 aliphatic heterocycles. The average molecular weight is 663 g/mol. The lowest BCUT2D eigenvalue weighted by molar-refractivity contribution is -0.136. The van der Waals surface area contributed by atoms with Gasteiger partial charge in [0.25, 0.3) is 0 Å². The maximum absolute atomic E-state index is 13.2. The number of hydrogen-bond acceptors (Lipinski definition) is 5. The summed E-state index contributed by atoms with van der Waals surface area (Å²) < 4.78 is 26.4. The minimum absolute atomic E-state index is 0.0204. The molecular weight excluding hydrogens is 633 g/mol. The third kappa shape index (κ3) is 8.73. The van der Waals surface area contributed by atoms with Crippen LogP contribution in [0.25, 0.3) is 23.1 Å². The first-order valence-corrected chi connectivity index (χ1v) is 17.3. The molecule has 0 amide bonds. The van der Waals surface area contributed by atoms with Crippen LogP contribution in [-0.4, -0.2) is 30.2 Å². The van der Waals surface area contributed by atoms with Crippen LogP contribution < -0.4 is 0 Å². The van der Waals surface area contributed by atoms with E-state index in [0.29, 0.717) is 22.2 Å². The Hall–Kier alpha value is -3.62. The van der Waals surface area contributed by atoms with Crippen LogP contribution in [0.3, 0.4) is 0 Å². The first-order chi connectivity index (χ1) is 21.1. The SMILES string of the molecule is O=C(O)Cc1ccc(CSC(CCS(=O)(=O)c2ccc(Cl)cc2)c2cccc(/C=C/c3ccc4ccc(Cl)cc4n3)c2)cc1. The third-order valence-electron chi connectivity index (χ3n) is 7.06. The lowest BCUT2D eigenvalue weighted by Gasteiger charge is -2.18. The highest BCUT2D eigenvalue weighted by Gasteiger charge is 2.20. The highest BCUT2D eigenvalue weighted by Crippen LogP contribution is 2.36. The molecule has 5 rings (SSSR count). The molecule has 1 heterocycles. The van der Waals surface area contributed by atoms with Crippen LogP contribution in [0.5, 0.6) is 0 Å². The zero-order chi connectivity index (χ0) is 31.1. The molecule has 0 saturated heterocycles. The number of hydrogen-bond donors (Lipinski definition) is 1. The van der Waals surface area contributed by atoms with Gasteiger partial charge in [-0.2, -0.15) is 0 Å². The summed E-state index contributed by atoms with van der Waals surface area (Å²) in [4.78, 5) is 16.0. The van der Waals surface area contributed by atoms with Gasteiger partial charge in [0.15, 0.2) is 9.84 Å². The number of halogens is 2. The number of pyridine rings is 1. The Bertz CT molecular complexity index is 1910. The summed E-state index contributed by atoms with van der Waals surface area (Å²) in [5.41, 5.74) is 5.39. The molecule has 0 bridgehead atoms. The Balaban J connectivity index is 1.36. The lowest BCUT2D eigenvalue weighted by Crippen LogP contribution is -2.10. The van der Waals surface area contributed by atoms with E-state index in [1.54, 1.807) is 36.0 Å². The molecule has 1 atom stereocenters. The van der Waals surface area contributed by atoms with E-state index in [1.165, 1.54) is 0 Å². The van der Waals surface area contributed by atoms with Gasteiger partial charge >= 0.3 is 5.97 Å². The Morgan fingerprint density at radius 2 is 1.55 bits per heavy atom. The number of carboxylic acids is 1. The molecule has 4 aromatic carbocycles. The number of carboxylic acid groups (broad SMARTS) is 1. The molecule has 0 fully saturated rings. The fourth-order valence-corrected chi connectivity index (χ4v) is 7.72. The van der Waals surface area contributed by atoms with E-state index in [-0.39, 0.29) is 22.3 Å². The van der Waals surface area contributed by atoms with Gasteiger partial charge in [0.05, 0.1) is 28.3 Å². The molecule has 0 saturated carbocycles. The van der Waals surface area contributed by atoms with Gasteiger partial charge in [0.2, 0.25) is 0 Å².